The maximum atomic E-state index is 13.5. The van der Waals surface area contributed by atoms with Crippen molar-refractivity contribution in [2.75, 3.05) is 0 Å². The second-order valence-corrected chi connectivity index (χ2v) is 10.4. The average molecular weight is 549 g/mol. The van der Waals surface area contributed by atoms with Crippen LogP contribution in [0.25, 0.3) is 32.7 Å². The van der Waals surface area contributed by atoms with Crippen LogP contribution >= 0.6 is 0 Å². The smallest absolute Gasteiger partial charge is 0.194 e. The highest BCUT2D eigenvalue weighted by molar-refractivity contribution is 6.22. The first-order valence-electron chi connectivity index (χ1n) is 13.5. The fourth-order valence-corrected chi connectivity index (χ4v) is 5.51. The SMILES string of the molecule is Cc1cc2ccccc2c(N=Nc2ccc3c(c2)C(=O)c2cc(N=Nc4c(O)c(C)cc5ccccc45)ccc2-3)c1O. The summed E-state index contributed by atoms with van der Waals surface area (Å²) in [6.07, 6.45) is 0. The molecule has 0 aromatic heterocycles. The molecule has 0 heterocycles. The summed E-state index contributed by atoms with van der Waals surface area (Å²) in [6.45, 7) is 3.65. The quantitative estimate of drug-likeness (QED) is 0.214. The van der Waals surface area contributed by atoms with Crippen LogP contribution in [-0.2, 0) is 0 Å². The van der Waals surface area contributed by atoms with E-state index in [2.05, 4.69) is 20.5 Å². The molecule has 0 saturated carbocycles. The van der Waals surface area contributed by atoms with Crippen LogP contribution in [-0.4, -0.2) is 16.0 Å². The van der Waals surface area contributed by atoms with E-state index in [1.54, 1.807) is 24.3 Å². The van der Waals surface area contributed by atoms with E-state index in [-0.39, 0.29) is 17.3 Å². The Balaban J connectivity index is 1.21. The number of aryl methyl sites for hydroxylation is 2. The molecule has 6 aromatic rings. The average Bonchev–Trinajstić information content (AvgIpc) is 3.28. The normalized spacial score (nSPS) is 12.6. The van der Waals surface area contributed by atoms with Crippen molar-refractivity contribution in [2.45, 2.75) is 13.8 Å². The van der Waals surface area contributed by atoms with E-state index in [4.69, 9.17) is 0 Å². The number of hydrogen-bond acceptors (Lipinski definition) is 7. The lowest BCUT2D eigenvalue weighted by Gasteiger charge is -2.07. The number of rotatable bonds is 4. The number of phenols is 2. The first kappa shape index (κ1) is 25.3. The zero-order valence-electron chi connectivity index (χ0n) is 22.8. The van der Waals surface area contributed by atoms with Gasteiger partial charge in [-0.2, -0.15) is 10.2 Å². The van der Waals surface area contributed by atoms with Crippen LogP contribution in [0.3, 0.4) is 0 Å². The Hall–Kier alpha value is -5.69. The van der Waals surface area contributed by atoms with Gasteiger partial charge in [-0.15, -0.1) is 10.2 Å². The molecule has 0 fully saturated rings. The van der Waals surface area contributed by atoms with Crippen molar-refractivity contribution in [3.63, 3.8) is 0 Å². The highest BCUT2D eigenvalue weighted by Crippen LogP contribution is 2.43. The van der Waals surface area contributed by atoms with E-state index in [0.29, 0.717) is 45.0 Å². The van der Waals surface area contributed by atoms with Gasteiger partial charge in [0.1, 0.15) is 22.9 Å². The summed E-state index contributed by atoms with van der Waals surface area (Å²) in [5, 5.41) is 42.4. The summed E-state index contributed by atoms with van der Waals surface area (Å²) >= 11 is 0. The van der Waals surface area contributed by atoms with Crippen molar-refractivity contribution < 1.29 is 15.0 Å². The summed E-state index contributed by atoms with van der Waals surface area (Å²) < 4.78 is 0. The van der Waals surface area contributed by atoms with E-state index in [9.17, 15) is 15.0 Å². The highest BCUT2D eigenvalue weighted by atomic mass is 16.3. The third-order valence-corrected chi connectivity index (χ3v) is 7.69. The van der Waals surface area contributed by atoms with Gasteiger partial charge >= 0.3 is 0 Å². The van der Waals surface area contributed by atoms with Gasteiger partial charge in [0, 0.05) is 21.9 Å². The predicted octanol–water partition coefficient (Wildman–Crippen LogP) is 10.1. The molecular formula is C35H24N4O3. The first-order chi connectivity index (χ1) is 20.4. The maximum Gasteiger partial charge on any atom is 0.194 e. The number of hydrogen-bond donors (Lipinski definition) is 2. The third-order valence-electron chi connectivity index (χ3n) is 7.69. The molecule has 0 saturated heterocycles. The van der Waals surface area contributed by atoms with Gasteiger partial charge < -0.3 is 10.2 Å². The molecule has 42 heavy (non-hydrogen) atoms. The van der Waals surface area contributed by atoms with Crippen LogP contribution in [0.4, 0.5) is 22.7 Å². The Morgan fingerprint density at radius 2 is 0.929 bits per heavy atom. The number of ketones is 1. The van der Waals surface area contributed by atoms with Crippen LogP contribution in [0.15, 0.2) is 118 Å². The fraction of sp³-hybridized carbons (Fsp3) is 0.0571. The Labute approximate surface area is 241 Å². The molecule has 0 spiro atoms. The molecule has 0 atom stereocenters. The molecule has 0 radical (unpaired) electrons. The lowest BCUT2D eigenvalue weighted by atomic mass is 10.0. The van der Waals surface area contributed by atoms with Crippen LogP contribution in [0, 0.1) is 13.8 Å². The Bertz CT molecular complexity index is 2010. The minimum atomic E-state index is -0.137. The third kappa shape index (κ3) is 4.10. The fourth-order valence-electron chi connectivity index (χ4n) is 5.51. The van der Waals surface area contributed by atoms with Crippen LogP contribution in [0.5, 0.6) is 11.5 Å². The van der Waals surface area contributed by atoms with Gasteiger partial charge in [0.2, 0.25) is 0 Å². The standard InChI is InChI=1S/C35H24N4O3/c1-19-15-21-7-3-5-9-25(21)31(33(19)40)38-36-23-11-13-27-28-14-12-24(18-30(28)35(42)29(27)17-23)37-39-32-26-10-6-4-8-22(26)16-20(2)34(32)41/h3-18,40-41H,1-2H3. The van der Waals surface area contributed by atoms with Crippen molar-refractivity contribution in [3.8, 4) is 22.6 Å². The van der Waals surface area contributed by atoms with E-state index in [1.165, 1.54) is 0 Å². The van der Waals surface area contributed by atoms with Gasteiger partial charge in [-0.25, -0.2) is 0 Å². The lowest BCUT2D eigenvalue weighted by Crippen LogP contribution is -1.94. The van der Waals surface area contributed by atoms with Gasteiger partial charge in [-0.05, 0) is 83.3 Å². The number of carbonyl (C=O) groups excluding carboxylic acids is 1. The summed E-state index contributed by atoms with van der Waals surface area (Å²) in [4.78, 5) is 13.5. The summed E-state index contributed by atoms with van der Waals surface area (Å²) in [6, 6.07) is 29.9. The Kier molecular flexibility index (Phi) is 5.87. The predicted molar refractivity (Wildman–Crippen MR) is 164 cm³/mol. The van der Waals surface area contributed by atoms with Crippen LogP contribution < -0.4 is 0 Å². The van der Waals surface area contributed by atoms with E-state index in [1.807, 2.05) is 86.6 Å². The largest absolute Gasteiger partial charge is 0.505 e. The maximum absolute atomic E-state index is 13.5. The number of benzene rings is 6. The van der Waals surface area contributed by atoms with Crippen molar-refractivity contribution >= 4 is 50.1 Å². The number of carbonyl (C=O) groups is 1. The number of aromatic hydroxyl groups is 2. The molecule has 7 heteroatoms. The van der Waals surface area contributed by atoms with E-state index >= 15 is 0 Å². The number of azo groups is 2. The molecule has 7 rings (SSSR count). The lowest BCUT2D eigenvalue weighted by molar-refractivity contribution is 0.104. The van der Waals surface area contributed by atoms with Gasteiger partial charge in [0.05, 0.1) is 11.4 Å². The molecular weight excluding hydrogens is 524 g/mol. The molecule has 1 aliphatic rings. The molecule has 0 unspecified atom stereocenters. The number of fused-ring (bicyclic) bond motifs is 5. The van der Waals surface area contributed by atoms with Gasteiger partial charge in [0.15, 0.2) is 5.78 Å². The molecule has 7 nitrogen and oxygen atoms in total. The van der Waals surface area contributed by atoms with Gasteiger partial charge in [0.25, 0.3) is 0 Å². The molecule has 1 aliphatic carbocycles. The van der Waals surface area contributed by atoms with Crippen molar-refractivity contribution in [1.29, 1.82) is 0 Å². The zero-order valence-corrected chi connectivity index (χ0v) is 22.8. The Morgan fingerprint density at radius 1 is 0.500 bits per heavy atom. The highest BCUT2D eigenvalue weighted by Gasteiger charge is 2.27. The number of nitrogens with zero attached hydrogens (tertiary/aromatic N) is 4. The van der Waals surface area contributed by atoms with Gasteiger partial charge in [-0.3, -0.25) is 4.79 Å². The molecule has 0 bridgehead atoms. The van der Waals surface area contributed by atoms with Crippen molar-refractivity contribution in [2.24, 2.45) is 20.5 Å². The zero-order chi connectivity index (χ0) is 29.0. The van der Waals surface area contributed by atoms with Gasteiger partial charge in [-0.1, -0.05) is 60.7 Å². The minimum Gasteiger partial charge on any atom is -0.505 e. The summed E-state index contributed by atoms with van der Waals surface area (Å²) in [5.41, 5.74) is 5.87. The Morgan fingerprint density at radius 3 is 1.38 bits per heavy atom. The van der Waals surface area contributed by atoms with Crippen LogP contribution in [0.1, 0.15) is 27.0 Å². The minimum absolute atomic E-state index is 0.0794. The summed E-state index contributed by atoms with van der Waals surface area (Å²) in [5.74, 6) is 0.0216. The van der Waals surface area contributed by atoms with Crippen molar-refractivity contribution in [3.05, 3.63) is 119 Å². The molecule has 202 valence electrons. The second-order valence-electron chi connectivity index (χ2n) is 10.4. The van der Waals surface area contributed by atoms with E-state index < -0.39 is 0 Å². The topological polar surface area (TPSA) is 107 Å². The summed E-state index contributed by atoms with van der Waals surface area (Å²) in [7, 11) is 0. The molecule has 2 N–H and O–H groups in total. The molecule has 0 amide bonds. The van der Waals surface area contributed by atoms with Crippen molar-refractivity contribution in [1.82, 2.24) is 0 Å². The van der Waals surface area contributed by atoms with Crippen LogP contribution in [0.2, 0.25) is 0 Å². The first-order valence-corrected chi connectivity index (χ1v) is 13.5. The van der Waals surface area contributed by atoms with E-state index in [0.717, 1.165) is 32.7 Å². The second kappa shape index (κ2) is 9.74. The monoisotopic (exact) mass is 548 g/mol. The molecule has 6 aromatic carbocycles. The number of phenolic OH excluding ortho intramolecular Hbond substituents is 2. The molecule has 0 aliphatic heterocycles.